The summed E-state index contributed by atoms with van der Waals surface area (Å²) in [5.74, 6) is -6.89. The molecule has 0 rings (SSSR count). The molecule has 0 saturated heterocycles. The SMILES string of the molecule is CCCOCCOCCOCCOCC(CNC(=O)C(C)(COC(=O)C(C)(C)Br)COC(=O)C(C)(C)Br)(CNC(=O)C(C)(COC(=O)C(C)(C)Br)COC(=O)C(C)(C)Br)CNC(=O)C(C)(COC(=O)C(C)(C)Br)COC(=O)C(C)(C)Br. The predicted octanol–water partition coefficient (Wildman–Crippen LogP) is 7.12. The van der Waals surface area contributed by atoms with E-state index in [-0.39, 0.29) is 33.0 Å². The summed E-state index contributed by atoms with van der Waals surface area (Å²) in [5, 5.41) is 8.55. The summed E-state index contributed by atoms with van der Waals surface area (Å²) in [6, 6.07) is 0. The highest BCUT2D eigenvalue weighted by Crippen LogP contribution is 2.30. The maximum Gasteiger partial charge on any atom is 0.322 e. The van der Waals surface area contributed by atoms with Gasteiger partial charge in [0.1, 0.15) is 81.8 Å². The van der Waals surface area contributed by atoms with Crippen LogP contribution in [0.25, 0.3) is 0 Å². The lowest BCUT2D eigenvalue weighted by molar-refractivity contribution is -0.161. The summed E-state index contributed by atoms with van der Waals surface area (Å²) >= 11 is 19.6. The van der Waals surface area contributed by atoms with Crippen LogP contribution in [0, 0.1) is 21.7 Å². The van der Waals surface area contributed by atoms with E-state index < -0.39 is 160 Å². The van der Waals surface area contributed by atoms with E-state index in [4.69, 9.17) is 47.4 Å². The van der Waals surface area contributed by atoms with Crippen LogP contribution in [0.3, 0.4) is 0 Å². The average molecular weight is 1550 g/mol. The lowest BCUT2D eigenvalue weighted by Gasteiger charge is -2.38. The van der Waals surface area contributed by atoms with Gasteiger partial charge in [0.05, 0.1) is 46.2 Å². The van der Waals surface area contributed by atoms with E-state index in [0.717, 1.165) is 6.42 Å². The number of alkyl halides is 6. The van der Waals surface area contributed by atoms with Crippen LogP contribution in [0.1, 0.15) is 117 Å². The van der Waals surface area contributed by atoms with E-state index in [1.54, 1.807) is 0 Å². The van der Waals surface area contributed by atoms with Crippen molar-refractivity contribution in [3.63, 3.8) is 0 Å². The number of nitrogens with one attached hydrogen (secondary N) is 3. The molecule has 28 heteroatoms. The first-order chi connectivity index (χ1) is 36.7. The van der Waals surface area contributed by atoms with Gasteiger partial charge in [0.15, 0.2) is 0 Å². The molecular formula is C53H87Br6N3O19. The molecule has 22 nitrogen and oxygen atoms in total. The second-order valence-corrected chi connectivity index (χ2v) is 35.3. The second kappa shape index (κ2) is 34.3. The minimum atomic E-state index is -1.78. The zero-order chi connectivity index (χ0) is 63.1. The van der Waals surface area contributed by atoms with Crippen LogP contribution in [-0.4, -0.2) is 192 Å². The Balaban J connectivity index is 7.92. The summed E-state index contributed by atoms with van der Waals surface area (Å²) in [5.41, 5.74) is -6.95. The van der Waals surface area contributed by atoms with Crippen molar-refractivity contribution < 1.29 is 90.5 Å². The second-order valence-electron chi connectivity index (χ2n) is 23.4. The quantitative estimate of drug-likeness (QED) is 0.0238. The van der Waals surface area contributed by atoms with E-state index in [0.29, 0.717) is 19.8 Å². The molecular weight excluding hydrogens is 1460 g/mol. The molecule has 0 aliphatic heterocycles. The molecule has 0 unspecified atom stereocenters. The highest BCUT2D eigenvalue weighted by Gasteiger charge is 2.46. The molecule has 0 atom stereocenters. The van der Waals surface area contributed by atoms with Crippen LogP contribution in [0.15, 0.2) is 0 Å². The number of carbonyl (C=O) groups is 9. The van der Waals surface area contributed by atoms with Crippen LogP contribution < -0.4 is 16.0 Å². The Morgan fingerprint density at radius 2 is 0.481 bits per heavy atom. The van der Waals surface area contributed by atoms with Crippen LogP contribution >= 0.6 is 95.6 Å². The Labute approximate surface area is 528 Å². The van der Waals surface area contributed by atoms with Crippen LogP contribution in [0.2, 0.25) is 0 Å². The van der Waals surface area contributed by atoms with Crippen molar-refractivity contribution in [3.8, 4) is 0 Å². The van der Waals surface area contributed by atoms with Crippen molar-refractivity contribution in [1.82, 2.24) is 16.0 Å². The van der Waals surface area contributed by atoms with Crippen molar-refractivity contribution in [2.45, 2.75) is 143 Å². The predicted molar refractivity (Wildman–Crippen MR) is 323 cm³/mol. The maximum absolute atomic E-state index is 14.7. The highest BCUT2D eigenvalue weighted by atomic mass is 79.9. The Morgan fingerprint density at radius 1 is 0.296 bits per heavy atom. The largest absolute Gasteiger partial charge is 0.463 e. The third-order valence-electron chi connectivity index (χ3n) is 11.4. The zero-order valence-corrected chi connectivity index (χ0v) is 59.3. The molecule has 0 fully saturated rings. The number of hydrogen-bond donors (Lipinski definition) is 3. The topological polar surface area (TPSA) is 282 Å². The number of esters is 6. The van der Waals surface area contributed by atoms with Crippen LogP contribution in [-0.2, 0) is 90.5 Å². The van der Waals surface area contributed by atoms with Gasteiger partial charge in [0.25, 0.3) is 0 Å². The van der Waals surface area contributed by atoms with E-state index in [1.165, 1.54) is 104 Å². The normalized spacial score (nSPS) is 13.1. The van der Waals surface area contributed by atoms with E-state index in [9.17, 15) is 43.2 Å². The van der Waals surface area contributed by atoms with Gasteiger partial charge in [0.2, 0.25) is 17.7 Å². The first-order valence-corrected chi connectivity index (χ1v) is 30.8. The van der Waals surface area contributed by atoms with E-state index >= 15 is 0 Å². The van der Waals surface area contributed by atoms with Gasteiger partial charge in [-0.15, -0.1) is 0 Å². The van der Waals surface area contributed by atoms with Crippen LogP contribution in [0.4, 0.5) is 0 Å². The van der Waals surface area contributed by atoms with Gasteiger partial charge >= 0.3 is 35.8 Å². The molecule has 0 spiro atoms. The maximum atomic E-state index is 14.7. The third-order valence-corrected chi connectivity index (χ3v) is 13.4. The highest BCUT2D eigenvalue weighted by molar-refractivity contribution is 9.11. The van der Waals surface area contributed by atoms with Crippen molar-refractivity contribution >= 4 is 149 Å². The first-order valence-electron chi connectivity index (χ1n) is 26.0. The van der Waals surface area contributed by atoms with Gasteiger partial charge in [-0.3, -0.25) is 43.2 Å². The van der Waals surface area contributed by atoms with E-state index in [2.05, 4.69) is 112 Å². The molecule has 3 N–H and O–H groups in total. The van der Waals surface area contributed by atoms with Gasteiger partial charge in [-0.25, -0.2) is 0 Å². The number of hydrogen-bond acceptors (Lipinski definition) is 19. The smallest absolute Gasteiger partial charge is 0.322 e. The number of halogens is 6. The average Bonchev–Trinajstić information content (AvgIpc) is 3.34. The molecule has 0 heterocycles. The molecule has 0 bridgehead atoms. The van der Waals surface area contributed by atoms with Crippen LogP contribution in [0.5, 0.6) is 0 Å². The number of rotatable bonds is 40. The minimum Gasteiger partial charge on any atom is -0.463 e. The molecule has 0 saturated carbocycles. The molecule has 0 radical (unpaired) electrons. The summed E-state index contributed by atoms with van der Waals surface area (Å²) in [7, 11) is 0. The molecule has 0 aromatic rings. The Kier molecular flexibility index (Phi) is 33.5. The fourth-order valence-electron chi connectivity index (χ4n) is 5.77. The summed E-state index contributed by atoms with van der Waals surface area (Å²) in [6.45, 7) is 21.1. The van der Waals surface area contributed by atoms with Crippen molar-refractivity contribution in [2.75, 3.05) is 112 Å². The minimum absolute atomic E-state index is 0.0325. The fraction of sp³-hybridized carbons (Fsp3) is 0.830. The Hall–Kier alpha value is -2.05. The molecule has 81 heavy (non-hydrogen) atoms. The van der Waals surface area contributed by atoms with Gasteiger partial charge in [0, 0.05) is 31.7 Å². The Morgan fingerprint density at radius 3 is 0.667 bits per heavy atom. The molecule has 470 valence electrons. The summed E-state index contributed by atoms with van der Waals surface area (Å²) in [4.78, 5) is 123. The third kappa shape index (κ3) is 30.7. The summed E-state index contributed by atoms with van der Waals surface area (Å²) in [6.07, 6.45) is 0.871. The first kappa shape index (κ1) is 79.0. The lowest BCUT2D eigenvalue weighted by atomic mass is 9.84. The van der Waals surface area contributed by atoms with Crippen molar-refractivity contribution in [1.29, 1.82) is 0 Å². The molecule has 0 aromatic heterocycles. The number of ether oxygens (including phenoxy) is 10. The number of amides is 3. The molecule has 0 aromatic carbocycles. The molecule has 3 amide bonds. The van der Waals surface area contributed by atoms with Gasteiger partial charge in [-0.2, -0.15) is 0 Å². The van der Waals surface area contributed by atoms with E-state index in [1.807, 2.05) is 6.92 Å². The van der Waals surface area contributed by atoms with Gasteiger partial charge in [-0.05, 0) is 110 Å². The lowest BCUT2D eigenvalue weighted by Crippen LogP contribution is -2.59. The fourth-order valence-corrected chi connectivity index (χ4v) is 6.46. The summed E-state index contributed by atoms with van der Waals surface area (Å²) < 4.78 is 49.5. The molecule has 0 aliphatic rings. The van der Waals surface area contributed by atoms with Gasteiger partial charge in [-0.1, -0.05) is 103 Å². The zero-order valence-electron chi connectivity index (χ0n) is 49.8. The molecule has 0 aliphatic carbocycles. The monoisotopic (exact) mass is 1540 g/mol. The van der Waals surface area contributed by atoms with Gasteiger partial charge < -0.3 is 63.3 Å². The standard InChI is InChI=1S/C53H87Br6N3O19/c1-17-18-72-19-20-73-21-22-74-23-24-75-34-53(25-60-35(63)50(14,28-76-38(66)44(2,3)54)29-77-39(67)45(4,5)55,26-61-36(64)51(15,30-78-40(68)46(6,7)56)31-79-41(69)47(8,9)57)27-62-37(65)52(16,32-80-42(70)48(10,11)58)33-81-43(71)49(12,13)59/h17-34H2,1-16H3,(H,60,63)(H,61,64)(H,62,65). The number of carbonyl (C=O) groups excluding carboxylic acids is 9. The van der Waals surface area contributed by atoms with Crippen molar-refractivity contribution in [3.05, 3.63) is 0 Å². The Bertz CT molecular complexity index is 1790. The van der Waals surface area contributed by atoms with Crippen molar-refractivity contribution in [2.24, 2.45) is 21.7 Å².